The number of carbonyl (C=O) groups excluding carboxylic acids is 1. The van der Waals surface area contributed by atoms with Gasteiger partial charge in [0.1, 0.15) is 0 Å². The first kappa shape index (κ1) is 16.0. The van der Waals surface area contributed by atoms with Crippen LogP contribution in [0.3, 0.4) is 0 Å². The van der Waals surface area contributed by atoms with Crippen LogP contribution in [0.15, 0.2) is 24.4 Å². The second-order valence-electron chi connectivity index (χ2n) is 5.82. The monoisotopic (exact) mass is 337 g/mol. The minimum atomic E-state index is -0.863. The van der Waals surface area contributed by atoms with Crippen LogP contribution < -0.4 is 11.1 Å². The Labute approximate surface area is 136 Å². The van der Waals surface area contributed by atoms with E-state index >= 15 is 0 Å². The minimum absolute atomic E-state index is 0.0494. The fraction of sp³-hybridized carbons (Fsp3) is 0.375. The van der Waals surface area contributed by atoms with E-state index in [9.17, 15) is 13.6 Å². The number of aromatic nitrogens is 1. The molecule has 1 aromatic carbocycles. The van der Waals surface area contributed by atoms with Crippen molar-refractivity contribution in [1.29, 1.82) is 0 Å². The molecule has 4 nitrogen and oxygen atoms in total. The molecule has 1 aliphatic carbocycles. The molecule has 2 unspecified atom stereocenters. The Balaban J connectivity index is 1.61. The number of anilines is 1. The van der Waals surface area contributed by atoms with E-state index in [1.54, 1.807) is 6.20 Å². The summed E-state index contributed by atoms with van der Waals surface area (Å²) in [7, 11) is 0. The molecule has 1 heterocycles. The third-order valence-electron chi connectivity index (χ3n) is 3.99. The van der Waals surface area contributed by atoms with E-state index in [-0.39, 0.29) is 17.9 Å². The number of halogens is 2. The van der Waals surface area contributed by atoms with Crippen molar-refractivity contribution in [2.75, 3.05) is 5.32 Å². The lowest BCUT2D eigenvalue weighted by Crippen LogP contribution is -2.23. The Morgan fingerprint density at radius 2 is 2.17 bits per heavy atom. The van der Waals surface area contributed by atoms with Crippen LogP contribution in [0.1, 0.15) is 29.7 Å². The molecule has 0 radical (unpaired) electrons. The standard InChI is InChI=1S/C16H17F2N3OS/c17-13-4-1-9(6-14(13)18)5-12-8-20-16(23-12)21-15(22)10-2-3-11(19)7-10/h1,4,6,8,10-11H,2-3,5,7,19H2,(H,20,21,22). The van der Waals surface area contributed by atoms with Gasteiger partial charge in [-0.05, 0) is 37.0 Å². The van der Waals surface area contributed by atoms with Gasteiger partial charge in [0.15, 0.2) is 16.8 Å². The molecule has 2 atom stereocenters. The van der Waals surface area contributed by atoms with E-state index in [1.165, 1.54) is 23.5 Å². The molecule has 0 bridgehead atoms. The van der Waals surface area contributed by atoms with Crippen molar-refractivity contribution in [1.82, 2.24) is 4.98 Å². The van der Waals surface area contributed by atoms with E-state index in [2.05, 4.69) is 10.3 Å². The summed E-state index contributed by atoms with van der Waals surface area (Å²) in [5.74, 6) is -1.82. The van der Waals surface area contributed by atoms with Crippen molar-refractivity contribution >= 4 is 22.4 Å². The molecular formula is C16H17F2N3OS. The molecule has 3 rings (SSSR count). The molecule has 1 saturated carbocycles. The molecule has 1 aliphatic rings. The summed E-state index contributed by atoms with van der Waals surface area (Å²) >= 11 is 1.34. The number of hydrogen-bond donors (Lipinski definition) is 2. The SMILES string of the molecule is NC1CCC(C(=O)Nc2ncc(Cc3ccc(F)c(F)c3)s2)C1. The van der Waals surface area contributed by atoms with Gasteiger partial charge in [-0.1, -0.05) is 6.07 Å². The van der Waals surface area contributed by atoms with Gasteiger partial charge in [-0.2, -0.15) is 0 Å². The number of benzene rings is 1. The van der Waals surface area contributed by atoms with Crippen LogP contribution in [-0.2, 0) is 11.2 Å². The summed E-state index contributed by atoms with van der Waals surface area (Å²) in [5, 5.41) is 3.33. The molecule has 0 aliphatic heterocycles. The van der Waals surface area contributed by atoms with Crippen molar-refractivity contribution in [3.05, 3.63) is 46.5 Å². The van der Waals surface area contributed by atoms with Crippen molar-refractivity contribution in [2.45, 2.75) is 31.7 Å². The molecule has 0 spiro atoms. The highest BCUT2D eigenvalue weighted by Crippen LogP contribution is 2.27. The summed E-state index contributed by atoms with van der Waals surface area (Å²) in [5.41, 5.74) is 6.48. The van der Waals surface area contributed by atoms with Gasteiger partial charge >= 0.3 is 0 Å². The number of nitrogens with two attached hydrogens (primary N) is 1. The van der Waals surface area contributed by atoms with Crippen LogP contribution in [0.2, 0.25) is 0 Å². The average Bonchev–Trinajstić information content (AvgIpc) is 3.12. The maximum Gasteiger partial charge on any atom is 0.229 e. The third kappa shape index (κ3) is 3.92. The first-order valence-electron chi connectivity index (χ1n) is 7.46. The number of amides is 1. The topological polar surface area (TPSA) is 68.0 Å². The first-order valence-corrected chi connectivity index (χ1v) is 8.28. The van der Waals surface area contributed by atoms with Crippen molar-refractivity contribution in [3.8, 4) is 0 Å². The Morgan fingerprint density at radius 1 is 1.35 bits per heavy atom. The zero-order valence-electron chi connectivity index (χ0n) is 12.4. The van der Waals surface area contributed by atoms with Crippen molar-refractivity contribution in [2.24, 2.45) is 11.7 Å². The van der Waals surface area contributed by atoms with Crippen LogP contribution in [0, 0.1) is 17.6 Å². The molecule has 1 amide bonds. The Morgan fingerprint density at radius 3 is 2.87 bits per heavy atom. The Hall–Kier alpha value is -1.86. The third-order valence-corrected chi connectivity index (χ3v) is 4.90. The second-order valence-corrected chi connectivity index (χ2v) is 6.93. The van der Waals surface area contributed by atoms with Gasteiger partial charge in [-0.25, -0.2) is 13.8 Å². The lowest BCUT2D eigenvalue weighted by atomic mass is 10.1. The average molecular weight is 337 g/mol. The largest absolute Gasteiger partial charge is 0.328 e. The van der Waals surface area contributed by atoms with Crippen molar-refractivity contribution in [3.63, 3.8) is 0 Å². The number of nitrogens with one attached hydrogen (secondary N) is 1. The Kier molecular flexibility index (Phi) is 4.68. The van der Waals surface area contributed by atoms with E-state index < -0.39 is 11.6 Å². The molecule has 0 saturated heterocycles. The van der Waals surface area contributed by atoms with Crippen LogP contribution in [0.25, 0.3) is 0 Å². The summed E-state index contributed by atoms with van der Waals surface area (Å²) in [6.45, 7) is 0. The molecule has 122 valence electrons. The summed E-state index contributed by atoms with van der Waals surface area (Å²) in [4.78, 5) is 17.2. The lowest BCUT2D eigenvalue weighted by Gasteiger charge is -2.08. The van der Waals surface area contributed by atoms with Gasteiger partial charge < -0.3 is 11.1 Å². The number of nitrogens with zero attached hydrogens (tertiary/aromatic N) is 1. The lowest BCUT2D eigenvalue weighted by molar-refractivity contribution is -0.119. The second kappa shape index (κ2) is 6.72. The van der Waals surface area contributed by atoms with Gasteiger partial charge in [-0.15, -0.1) is 11.3 Å². The number of thiazole rings is 1. The number of carbonyl (C=O) groups is 1. The highest BCUT2D eigenvalue weighted by molar-refractivity contribution is 7.15. The molecule has 2 aromatic rings. The predicted octanol–water partition coefficient (Wildman–Crippen LogP) is 3.08. The maximum atomic E-state index is 13.2. The minimum Gasteiger partial charge on any atom is -0.328 e. The van der Waals surface area contributed by atoms with Gasteiger partial charge in [0.05, 0.1) is 0 Å². The van der Waals surface area contributed by atoms with Gasteiger partial charge in [0.25, 0.3) is 0 Å². The zero-order chi connectivity index (χ0) is 16.4. The van der Waals surface area contributed by atoms with E-state index in [0.717, 1.165) is 23.8 Å². The maximum absolute atomic E-state index is 13.2. The summed E-state index contributed by atoms with van der Waals surface area (Å²) in [6, 6.07) is 3.92. The van der Waals surface area contributed by atoms with Crippen LogP contribution in [-0.4, -0.2) is 16.9 Å². The van der Waals surface area contributed by atoms with Crippen LogP contribution in [0.4, 0.5) is 13.9 Å². The van der Waals surface area contributed by atoms with E-state index in [0.29, 0.717) is 23.5 Å². The molecule has 1 fully saturated rings. The molecule has 23 heavy (non-hydrogen) atoms. The van der Waals surface area contributed by atoms with Crippen molar-refractivity contribution < 1.29 is 13.6 Å². The van der Waals surface area contributed by atoms with Gasteiger partial charge in [-0.3, -0.25) is 4.79 Å². The van der Waals surface area contributed by atoms with Gasteiger partial charge in [0, 0.05) is 29.5 Å². The molecular weight excluding hydrogens is 320 g/mol. The fourth-order valence-electron chi connectivity index (χ4n) is 2.76. The van der Waals surface area contributed by atoms with Crippen LogP contribution >= 0.6 is 11.3 Å². The summed E-state index contributed by atoms with van der Waals surface area (Å²) < 4.78 is 26.1. The van der Waals surface area contributed by atoms with E-state index in [1.807, 2.05) is 0 Å². The fourth-order valence-corrected chi connectivity index (χ4v) is 3.61. The normalized spacial score (nSPS) is 20.7. The molecule has 7 heteroatoms. The van der Waals surface area contributed by atoms with E-state index in [4.69, 9.17) is 5.73 Å². The first-order chi connectivity index (χ1) is 11.0. The highest BCUT2D eigenvalue weighted by Gasteiger charge is 2.28. The number of hydrogen-bond acceptors (Lipinski definition) is 4. The zero-order valence-corrected chi connectivity index (χ0v) is 13.2. The smallest absolute Gasteiger partial charge is 0.229 e. The Bertz CT molecular complexity index is 719. The number of rotatable bonds is 4. The molecule has 3 N–H and O–H groups in total. The van der Waals surface area contributed by atoms with Gasteiger partial charge in [0.2, 0.25) is 5.91 Å². The quantitative estimate of drug-likeness (QED) is 0.901. The molecule has 1 aromatic heterocycles. The van der Waals surface area contributed by atoms with Crippen LogP contribution in [0.5, 0.6) is 0 Å². The summed E-state index contributed by atoms with van der Waals surface area (Å²) in [6.07, 6.45) is 4.47. The predicted molar refractivity (Wildman–Crippen MR) is 85.2 cm³/mol. The highest BCUT2D eigenvalue weighted by atomic mass is 32.1.